The Hall–Kier alpha value is -1.80. The van der Waals surface area contributed by atoms with E-state index in [4.69, 9.17) is 4.74 Å². The highest BCUT2D eigenvalue weighted by Crippen LogP contribution is 2.32. The minimum Gasteiger partial charge on any atom is -0.497 e. The van der Waals surface area contributed by atoms with E-state index in [2.05, 4.69) is 68.6 Å². The fourth-order valence-corrected chi connectivity index (χ4v) is 3.13. The maximum absolute atomic E-state index is 5.40. The predicted octanol–water partition coefficient (Wildman–Crippen LogP) is 4.23. The van der Waals surface area contributed by atoms with Gasteiger partial charge >= 0.3 is 0 Å². The number of hydrogen-bond acceptors (Lipinski definition) is 2. The predicted molar refractivity (Wildman–Crippen MR) is 91.7 cm³/mol. The fraction of sp³-hybridized carbons (Fsp3) is 0.400. The van der Waals surface area contributed by atoms with Crippen LogP contribution < -0.4 is 10.1 Å². The van der Waals surface area contributed by atoms with E-state index in [1.807, 2.05) is 0 Å². The second-order valence-corrected chi connectivity index (χ2v) is 7.07. The van der Waals surface area contributed by atoms with Crippen LogP contribution in [0, 0.1) is 0 Å². The van der Waals surface area contributed by atoms with Crippen molar-refractivity contribution < 1.29 is 4.74 Å². The maximum Gasteiger partial charge on any atom is 0.119 e. The molecule has 1 aliphatic rings. The van der Waals surface area contributed by atoms with E-state index in [0.717, 1.165) is 18.7 Å². The van der Waals surface area contributed by atoms with Crippen molar-refractivity contribution in [3.05, 3.63) is 64.7 Å². The largest absolute Gasteiger partial charge is 0.497 e. The van der Waals surface area contributed by atoms with Crippen molar-refractivity contribution in [3.8, 4) is 5.75 Å². The number of hydrogen-bond donors (Lipinski definition) is 1. The van der Waals surface area contributed by atoms with Crippen LogP contribution >= 0.6 is 0 Å². The van der Waals surface area contributed by atoms with Crippen molar-refractivity contribution >= 4 is 0 Å². The molecule has 0 saturated heterocycles. The summed E-state index contributed by atoms with van der Waals surface area (Å²) in [5.74, 6) is 0.929. The third kappa shape index (κ3) is 2.89. The quantitative estimate of drug-likeness (QED) is 0.895. The maximum atomic E-state index is 5.40. The van der Waals surface area contributed by atoms with Crippen molar-refractivity contribution in [1.82, 2.24) is 5.32 Å². The molecule has 0 saturated carbocycles. The third-order valence-electron chi connectivity index (χ3n) is 4.52. The molecule has 2 aromatic rings. The van der Waals surface area contributed by atoms with Crippen molar-refractivity contribution in [2.45, 2.75) is 38.6 Å². The standard InChI is InChI=1S/C20H25NO/c1-20(2,3)16-8-5-15(6-9-16)19-18-13-17(22-4)10-7-14(18)11-12-21-19/h5-10,13,19,21H,11-12H2,1-4H3. The van der Waals surface area contributed by atoms with Crippen LogP contribution in [0.4, 0.5) is 0 Å². The Morgan fingerprint density at radius 2 is 1.77 bits per heavy atom. The normalized spacial score (nSPS) is 17.9. The van der Waals surface area contributed by atoms with E-state index in [0.29, 0.717) is 0 Å². The molecule has 22 heavy (non-hydrogen) atoms. The Morgan fingerprint density at radius 3 is 2.41 bits per heavy atom. The van der Waals surface area contributed by atoms with Gasteiger partial charge in [0.1, 0.15) is 5.75 Å². The molecule has 1 heterocycles. The highest BCUT2D eigenvalue weighted by Gasteiger charge is 2.22. The van der Waals surface area contributed by atoms with Crippen LogP contribution in [0.1, 0.15) is 49.1 Å². The van der Waals surface area contributed by atoms with Crippen LogP contribution in [0.2, 0.25) is 0 Å². The lowest BCUT2D eigenvalue weighted by atomic mass is 9.84. The summed E-state index contributed by atoms with van der Waals surface area (Å²) < 4.78 is 5.40. The van der Waals surface area contributed by atoms with Gasteiger partial charge in [0.25, 0.3) is 0 Å². The van der Waals surface area contributed by atoms with E-state index < -0.39 is 0 Å². The summed E-state index contributed by atoms with van der Waals surface area (Å²) in [7, 11) is 1.73. The first-order valence-corrected chi connectivity index (χ1v) is 7.99. The highest BCUT2D eigenvalue weighted by molar-refractivity contribution is 5.44. The second kappa shape index (κ2) is 5.77. The second-order valence-electron chi connectivity index (χ2n) is 7.07. The molecule has 2 nitrogen and oxygen atoms in total. The first-order valence-electron chi connectivity index (χ1n) is 7.99. The zero-order chi connectivity index (χ0) is 15.7. The summed E-state index contributed by atoms with van der Waals surface area (Å²) in [6, 6.07) is 15.7. The van der Waals surface area contributed by atoms with Crippen molar-refractivity contribution in [3.63, 3.8) is 0 Å². The minimum absolute atomic E-state index is 0.194. The smallest absolute Gasteiger partial charge is 0.119 e. The van der Waals surface area contributed by atoms with Gasteiger partial charge in [-0.05, 0) is 46.2 Å². The summed E-state index contributed by atoms with van der Waals surface area (Å²) in [5.41, 5.74) is 5.65. The lowest BCUT2D eigenvalue weighted by Crippen LogP contribution is -2.30. The van der Waals surface area contributed by atoms with Gasteiger partial charge in [0.15, 0.2) is 0 Å². The zero-order valence-corrected chi connectivity index (χ0v) is 13.9. The van der Waals surface area contributed by atoms with Crippen LogP contribution in [0.15, 0.2) is 42.5 Å². The number of nitrogens with one attached hydrogen (secondary N) is 1. The molecule has 0 bridgehead atoms. The molecule has 0 amide bonds. The van der Waals surface area contributed by atoms with E-state index in [-0.39, 0.29) is 11.5 Å². The number of benzene rings is 2. The molecular formula is C20H25NO. The molecule has 1 atom stereocenters. The molecule has 0 radical (unpaired) electrons. The molecule has 0 aliphatic carbocycles. The minimum atomic E-state index is 0.194. The molecule has 1 unspecified atom stereocenters. The van der Waals surface area contributed by atoms with Gasteiger partial charge in [-0.25, -0.2) is 0 Å². The Labute approximate surface area is 133 Å². The Kier molecular flexibility index (Phi) is 3.96. The molecule has 116 valence electrons. The zero-order valence-electron chi connectivity index (χ0n) is 13.9. The van der Waals surface area contributed by atoms with Crippen LogP contribution in [0.5, 0.6) is 5.75 Å². The van der Waals surface area contributed by atoms with Gasteiger partial charge in [-0.15, -0.1) is 0 Å². The summed E-state index contributed by atoms with van der Waals surface area (Å²) in [4.78, 5) is 0. The first kappa shape index (κ1) is 15.1. The van der Waals surface area contributed by atoms with Crippen molar-refractivity contribution in [2.24, 2.45) is 0 Å². The molecule has 0 spiro atoms. The summed E-state index contributed by atoms with van der Waals surface area (Å²) in [6.45, 7) is 7.77. The molecule has 0 fully saturated rings. The van der Waals surface area contributed by atoms with Crippen LogP contribution in [-0.4, -0.2) is 13.7 Å². The first-order chi connectivity index (χ1) is 10.5. The van der Waals surface area contributed by atoms with Gasteiger partial charge in [0.2, 0.25) is 0 Å². The molecule has 0 aromatic heterocycles. The number of ether oxygens (including phenoxy) is 1. The Balaban J connectivity index is 1.97. The van der Waals surface area contributed by atoms with Gasteiger partial charge < -0.3 is 10.1 Å². The Bertz CT molecular complexity index is 652. The summed E-state index contributed by atoms with van der Waals surface area (Å²) >= 11 is 0. The van der Waals surface area contributed by atoms with Gasteiger partial charge in [-0.3, -0.25) is 0 Å². The monoisotopic (exact) mass is 295 g/mol. The molecule has 1 N–H and O–H groups in total. The van der Waals surface area contributed by atoms with Gasteiger partial charge in [-0.2, -0.15) is 0 Å². The van der Waals surface area contributed by atoms with Crippen molar-refractivity contribution in [2.75, 3.05) is 13.7 Å². The average Bonchev–Trinajstić information content (AvgIpc) is 2.53. The van der Waals surface area contributed by atoms with E-state index in [1.54, 1.807) is 7.11 Å². The third-order valence-corrected chi connectivity index (χ3v) is 4.52. The topological polar surface area (TPSA) is 21.3 Å². The SMILES string of the molecule is COc1ccc2c(c1)C(c1ccc(C(C)(C)C)cc1)NCC2. The van der Waals surface area contributed by atoms with Crippen molar-refractivity contribution in [1.29, 1.82) is 0 Å². The van der Waals surface area contributed by atoms with E-state index >= 15 is 0 Å². The summed E-state index contributed by atoms with van der Waals surface area (Å²) in [5, 5.41) is 3.65. The number of methoxy groups -OCH3 is 1. The van der Waals surface area contributed by atoms with Gasteiger partial charge in [0.05, 0.1) is 13.2 Å². The molecule has 3 rings (SSSR count). The summed E-state index contributed by atoms with van der Waals surface area (Å²) in [6.07, 6.45) is 1.08. The van der Waals surface area contributed by atoms with Gasteiger partial charge in [-0.1, -0.05) is 51.1 Å². The lowest BCUT2D eigenvalue weighted by molar-refractivity contribution is 0.412. The number of rotatable bonds is 2. The van der Waals surface area contributed by atoms with Crippen LogP contribution in [0.3, 0.4) is 0 Å². The van der Waals surface area contributed by atoms with Gasteiger partial charge in [0, 0.05) is 6.54 Å². The molecule has 2 heteroatoms. The Morgan fingerprint density at radius 1 is 1.05 bits per heavy atom. The lowest BCUT2D eigenvalue weighted by Gasteiger charge is -2.28. The fourth-order valence-electron chi connectivity index (χ4n) is 3.13. The molecular weight excluding hydrogens is 270 g/mol. The van der Waals surface area contributed by atoms with E-state index in [1.165, 1.54) is 22.3 Å². The highest BCUT2D eigenvalue weighted by atomic mass is 16.5. The number of fused-ring (bicyclic) bond motifs is 1. The van der Waals surface area contributed by atoms with Crippen LogP contribution in [-0.2, 0) is 11.8 Å². The van der Waals surface area contributed by atoms with Crippen LogP contribution in [0.25, 0.3) is 0 Å². The molecule has 2 aromatic carbocycles. The average molecular weight is 295 g/mol. The van der Waals surface area contributed by atoms with E-state index in [9.17, 15) is 0 Å². The molecule has 1 aliphatic heterocycles.